The lowest BCUT2D eigenvalue weighted by molar-refractivity contribution is -0.138. The first-order valence-corrected chi connectivity index (χ1v) is 5.46. The quantitative estimate of drug-likeness (QED) is 0.530. The molecule has 1 saturated heterocycles. The number of rotatable bonds is 2. The van der Waals surface area contributed by atoms with Crippen LogP contribution in [0.25, 0.3) is 0 Å². The third kappa shape index (κ3) is 3.20. The van der Waals surface area contributed by atoms with Gasteiger partial charge < -0.3 is 15.0 Å². The van der Waals surface area contributed by atoms with Crippen LogP contribution in [0.2, 0.25) is 0 Å². The molecule has 1 saturated carbocycles. The number of amides is 1. The molecule has 1 aliphatic carbocycles. The van der Waals surface area contributed by atoms with E-state index >= 15 is 0 Å². The third-order valence-electron chi connectivity index (χ3n) is 2.73. The highest BCUT2D eigenvalue weighted by Gasteiger charge is 2.27. The summed E-state index contributed by atoms with van der Waals surface area (Å²) in [5, 5.41) is 3.13. The van der Waals surface area contributed by atoms with E-state index in [-0.39, 0.29) is 5.97 Å². The van der Waals surface area contributed by atoms with Crippen molar-refractivity contribution in [1.82, 2.24) is 10.2 Å². The predicted molar refractivity (Wildman–Crippen MR) is 53.3 cm³/mol. The first-order chi connectivity index (χ1) is 7.25. The third-order valence-corrected chi connectivity index (χ3v) is 2.73. The molecule has 15 heavy (non-hydrogen) atoms. The standard InChI is InChI=1S/C10H16N2O3/c13-9(7-8-1-2-8)15-10(14)12-5-3-11-4-6-12/h8,11H,1-7H2. The minimum atomic E-state index is -0.484. The first-order valence-electron chi connectivity index (χ1n) is 5.46. The highest BCUT2D eigenvalue weighted by Crippen LogP contribution is 2.32. The van der Waals surface area contributed by atoms with Crippen LogP contribution in [0.15, 0.2) is 0 Å². The summed E-state index contributed by atoms with van der Waals surface area (Å²) in [4.78, 5) is 24.3. The fourth-order valence-electron chi connectivity index (χ4n) is 1.61. The second-order valence-corrected chi connectivity index (χ2v) is 4.12. The van der Waals surface area contributed by atoms with Crippen LogP contribution in [-0.4, -0.2) is 43.1 Å². The Morgan fingerprint density at radius 3 is 2.53 bits per heavy atom. The molecule has 2 aliphatic rings. The highest BCUT2D eigenvalue weighted by atomic mass is 16.6. The van der Waals surface area contributed by atoms with Gasteiger partial charge >= 0.3 is 12.1 Å². The Hall–Kier alpha value is -1.10. The van der Waals surface area contributed by atoms with E-state index in [9.17, 15) is 9.59 Å². The SMILES string of the molecule is O=C(CC1CC1)OC(=O)N1CCNCC1. The van der Waals surface area contributed by atoms with Gasteiger partial charge in [-0.3, -0.25) is 4.79 Å². The van der Waals surface area contributed by atoms with Crippen molar-refractivity contribution in [3.63, 3.8) is 0 Å². The lowest BCUT2D eigenvalue weighted by Crippen LogP contribution is -2.47. The topological polar surface area (TPSA) is 58.6 Å². The summed E-state index contributed by atoms with van der Waals surface area (Å²) in [6.45, 7) is 2.78. The molecular formula is C10H16N2O3. The van der Waals surface area contributed by atoms with Crippen LogP contribution < -0.4 is 5.32 Å². The minimum absolute atomic E-state index is 0.374. The number of ether oxygens (including phenoxy) is 1. The van der Waals surface area contributed by atoms with Gasteiger partial charge in [-0.05, 0) is 18.8 Å². The van der Waals surface area contributed by atoms with Gasteiger partial charge in [-0.2, -0.15) is 0 Å². The first kappa shape index (κ1) is 10.4. The van der Waals surface area contributed by atoms with Crippen molar-refractivity contribution in [1.29, 1.82) is 0 Å². The second-order valence-electron chi connectivity index (χ2n) is 4.12. The Morgan fingerprint density at radius 1 is 1.27 bits per heavy atom. The molecule has 0 bridgehead atoms. The number of hydrogen-bond acceptors (Lipinski definition) is 4. The fraction of sp³-hybridized carbons (Fsp3) is 0.800. The Morgan fingerprint density at radius 2 is 1.93 bits per heavy atom. The zero-order valence-electron chi connectivity index (χ0n) is 8.70. The summed E-state index contributed by atoms with van der Waals surface area (Å²) in [5.74, 6) is 0.0920. The van der Waals surface area contributed by atoms with Crippen molar-refractivity contribution in [2.45, 2.75) is 19.3 Å². The summed E-state index contributed by atoms with van der Waals surface area (Å²) >= 11 is 0. The van der Waals surface area contributed by atoms with Crippen LogP contribution in [0.1, 0.15) is 19.3 Å². The van der Waals surface area contributed by atoms with Crippen LogP contribution in [0.3, 0.4) is 0 Å². The van der Waals surface area contributed by atoms with Crippen LogP contribution >= 0.6 is 0 Å². The minimum Gasteiger partial charge on any atom is -0.376 e. The Bertz CT molecular complexity index is 257. The maximum atomic E-state index is 11.5. The van der Waals surface area contributed by atoms with Gasteiger partial charge in [0.1, 0.15) is 0 Å². The molecule has 5 heteroatoms. The number of piperazine rings is 1. The molecule has 0 atom stereocenters. The highest BCUT2D eigenvalue weighted by molar-refractivity contribution is 5.84. The van der Waals surface area contributed by atoms with Crippen LogP contribution in [0.5, 0.6) is 0 Å². The number of carbonyl (C=O) groups excluding carboxylic acids is 2. The Kier molecular flexibility index (Phi) is 3.20. The molecule has 0 radical (unpaired) electrons. The molecule has 1 heterocycles. The van der Waals surface area contributed by atoms with Crippen LogP contribution in [-0.2, 0) is 9.53 Å². The van der Waals surface area contributed by atoms with E-state index in [1.807, 2.05) is 0 Å². The molecule has 5 nitrogen and oxygen atoms in total. The largest absolute Gasteiger partial charge is 0.417 e. The van der Waals surface area contributed by atoms with Crippen molar-refractivity contribution < 1.29 is 14.3 Å². The summed E-state index contributed by atoms with van der Waals surface area (Å²) < 4.78 is 4.76. The number of nitrogens with one attached hydrogen (secondary N) is 1. The number of hydrogen-bond donors (Lipinski definition) is 1. The van der Waals surface area contributed by atoms with Gasteiger partial charge in [0.15, 0.2) is 0 Å². The maximum absolute atomic E-state index is 11.5. The number of nitrogens with zero attached hydrogens (tertiary/aromatic N) is 1. The molecular weight excluding hydrogens is 196 g/mol. The molecule has 0 unspecified atom stereocenters. The van der Waals surface area contributed by atoms with Gasteiger partial charge in [0, 0.05) is 32.6 Å². The fourth-order valence-corrected chi connectivity index (χ4v) is 1.61. The molecule has 0 aromatic rings. The summed E-state index contributed by atoms with van der Waals surface area (Å²) in [5.41, 5.74) is 0. The van der Waals surface area contributed by atoms with Crippen LogP contribution in [0, 0.1) is 5.92 Å². The van der Waals surface area contributed by atoms with Gasteiger partial charge in [0.2, 0.25) is 0 Å². The van der Waals surface area contributed by atoms with E-state index in [1.54, 1.807) is 4.90 Å². The van der Waals surface area contributed by atoms with Crippen LogP contribution in [0.4, 0.5) is 4.79 Å². The number of carbonyl (C=O) groups is 2. The molecule has 2 rings (SSSR count). The average molecular weight is 212 g/mol. The normalized spacial score (nSPS) is 21.2. The van der Waals surface area contributed by atoms with Gasteiger partial charge in [-0.15, -0.1) is 0 Å². The molecule has 84 valence electrons. The molecule has 0 spiro atoms. The number of esters is 1. The van der Waals surface area contributed by atoms with Crippen molar-refractivity contribution in [3.8, 4) is 0 Å². The van der Waals surface area contributed by atoms with Gasteiger partial charge in [-0.1, -0.05) is 0 Å². The summed E-state index contributed by atoms with van der Waals surface area (Å²) in [6, 6.07) is 0. The molecule has 0 aromatic carbocycles. The van der Waals surface area contributed by atoms with E-state index in [1.165, 1.54) is 0 Å². The zero-order valence-corrected chi connectivity index (χ0v) is 8.70. The Labute approximate surface area is 88.8 Å². The molecule has 0 aromatic heterocycles. The van der Waals surface area contributed by atoms with Gasteiger partial charge in [-0.25, -0.2) is 4.79 Å². The van der Waals surface area contributed by atoms with Gasteiger partial charge in [0.05, 0.1) is 0 Å². The van der Waals surface area contributed by atoms with Gasteiger partial charge in [0.25, 0.3) is 0 Å². The van der Waals surface area contributed by atoms with E-state index in [2.05, 4.69) is 5.32 Å². The monoisotopic (exact) mass is 212 g/mol. The van der Waals surface area contributed by atoms with Crippen molar-refractivity contribution in [2.75, 3.05) is 26.2 Å². The smallest absolute Gasteiger partial charge is 0.376 e. The second kappa shape index (κ2) is 4.61. The summed E-state index contributed by atoms with van der Waals surface area (Å²) in [7, 11) is 0. The Balaban J connectivity index is 1.71. The lowest BCUT2D eigenvalue weighted by atomic mass is 10.3. The molecule has 1 aliphatic heterocycles. The zero-order chi connectivity index (χ0) is 10.7. The summed E-state index contributed by atoms with van der Waals surface area (Å²) in [6.07, 6.45) is 2.10. The molecule has 1 N–H and O–H groups in total. The predicted octanol–water partition coefficient (Wildman–Crippen LogP) is 0.355. The molecule has 1 amide bonds. The van der Waals surface area contributed by atoms with Crippen molar-refractivity contribution >= 4 is 12.1 Å². The maximum Gasteiger partial charge on any atom is 0.417 e. The van der Waals surface area contributed by atoms with E-state index in [0.29, 0.717) is 25.4 Å². The van der Waals surface area contributed by atoms with E-state index in [0.717, 1.165) is 25.9 Å². The van der Waals surface area contributed by atoms with Crippen molar-refractivity contribution in [3.05, 3.63) is 0 Å². The van der Waals surface area contributed by atoms with E-state index in [4.69, 9.17) is 4.74 Å². The molecule has 2 fully saturated rings. The van der Waals surface area contributed by atoms with Crippen molar-refractivity contribution in [2.24, 2.45) is 5.92 Å². The lowest BCUT2D eigenvalue weighted by Gasteiger charge is -2.25. The average Bonchev–Trinajstić information content (AvgIpc) is 3.03. The van der Waals surface area contributed by atoms with E-state index < -0.39 is 6.09 Å².